The molecule has 0 atom stereocenters. The Labute approximate surface area is 167 Å². The average Bonchev–Trinajstić information content (AvgIpc) is 2.96. The number of benzene rings is 1. The molecule has 1 aliphatic carbocycles. The van der Waals surface area contributed by atoms with Crippen LogP contribution in [0, 0.1) is 0 Å². The molecule has 1 aromatic carbocycles. The monoisotopic (exact) mass is 429 g/mol. The van der Waals surface area contributed by atoms with Gasteiger partial charge in [-0.2, -0.15) is 13.2 Å². The van der Waals surface area contributed by atoms with E-state index in [1.807, 2.05) is 0 Å². The van der Waals surface area contributed by atoms with Crippen molar-refractivity contribution in [2.24, 2.45) is 0 Å². The molecule has 0 unspecified atom stereocenters. The number of alkyl halides is 3. The number of halogens is 3. The highest BCUT2D eigenvalue weighted by atomic mass is 32.2. The van der Waals surface area contributed by atoms with Crippen LogP contribution in [0.1, 0.15) is 60.4 Å². The van der Waals surface area contributed by atoms with Crippen molar-refractivity contribution in [1.82, 2.24) is 5.32 Å². The molecule has 1 saturated carbocycles. The molecule has 0 saturated heterocycles. The van der Waals surface area contributed by atoms with E-state index in [9.17, 15) is 26.4 Å². The van der Waals surface area contributed by atoms with E-state index in [1.165, 1.54) is 12.1 Å². The Balaban J connectivity index is 1.69. The second kappa shape index (κ2) is 8.61. The summed E-state index contributed by atoms with van der Waals surface area (Å²) < 4.78 is 68.8. The van der Waals surface area contributed by atoms with Crippen molar-refractivity contribution in [3.8, 4) is 0 Å². The summed E-state index contributed by atoms with van der Waals surface area (Å²) in [6.07, 6.45) is 1.52. The minimum absolute atomic E-state index is 0.00609. The Morgan fingerprint density at radius 1 is 1.07 bits per heavy atom. The Bertz CT molecular complexity index is 958. The number of amides is 1. The fourth-order valence-electron chi connectivity index (χ4n) is 3.39. The molecule has 158 valence electrons. The lowest BCUT2D eigenvalue weighted by Gasteiger charge is -2.15. The molecule has 1 aliphatic rings. The van der Waals surface area contributed by atoms with Gasteiger partial charge in [-0.05, 0) is 43.2 Å². The third-order valence-electron chi connectivity index (χ3n) is 4.93. The van der Waals surface area contributed by atoms with Gasteiger partial charge >= 0.3 is 6.18 Å². The van der Waals surface area contributed by atoms with Crippen LogP contribution in [0.3, 0.4) is 0 Å². The summed E-state index contributed by atoms with van der Waals surface area (Å²) in [5.74, 6) is -1.07. The highest BCUT2D eigenvalue weighted by molar-refractivity contribution is 7.90. The van der Waals surface area contributed by atoms with Crippen LogP contribution in [0.4, 0.5) is 13.2 Å². The Hall–Kier alpha value is -2.29. The molecular formula is C20H22F3NO4S. The first-order valence-electron chi connectivity index (χ1n) is 9.45. The SMILES string of the molecule is O=C(NC1CCCCCC1)c1ccc(CS(=O)(=O)c2cccc(C(F)(F)F)c2)o1. The number of furan rings is 1. The minimum atomic E-state index is -4.64. The lowest BCUT2D eigenvalue weighted by molar-refractivity contribution is -0.137. The molecule has 0 bridgehead atoms. The summed E-state index contributed by atoms with van der Waals surface area (Å²) in [5, 5.41) is 2.90. The highest BCUT2D eigenvalue weighted by Crippen LogP contribution is 2.31. The van der Waals surface area contributed by atoms with Gasteiger partial charge in [-0.3, -0.25) is 4.79 Å². The predicted molar refractivity (Wildman–Crippen MR) is 100.0 cm³/mol. The number of hydrogen-bond acceptors (Lipinski definition) is 4. The maximum Gasteiger partial charge on any atom is 0.416 e. The first-order chi connectivity index (χ1) is 13.6. The van der Waals surface area contributed by atoms with Crippen molar-refractivity contribution in [2.45, 2.75) is 61.4 Å². The predicted octanol–water partition coefficient (Wildman–Crippen LogP) is 4.72. The number of hydrogen-bond donors (Lipinski definition) is 1. The van der Waals surface area contributed by atoms with E-state index < -0.39 is 38.1 Å². The molecule has 1 fully saturated rings. The zero-order chi connectivity index (χ0) is 21.1. The van der Waals surface area contributed by atoms with Gasteiger partial charge in [0.2, 0.25) is 0 Å². The first-order valence-corrected chi connectivity index (χ1v) is 11.1. The van der Waals surface area contributed by atoms with Gasteiger partial charge in [0.1, 0.15) is 11.5 Å². The number of nitrogens with one attached hydrogen (secondary N) is 1. The van der Waals surface area contributed by atoms with Gasteiger partial charge < -0.3 is 9.73 Å². The summed E-state index contributed by atoms with van der Waals surface area (Å²) >= 11 is 0. The standard InChI is InChI=1S/C20H22F3NO4S/c21-20(22,23)14-6-5-9-17(12-14)29(26,27)13-16-10-11-18(28-16)19(25)24-15-7-3-1-2-4-8-15/h5-6,9-12,15H,1-4,7-8,13H2,(H,24,25). The quantitative estimate of drug-likeness (QED) is 0.698. The van der Waals surface area contributed by atoms with E-state index in [1.54, 1.807) is 0 Å². The van der Waals surface area contributed by atoms with Crippen LogP contribution in [-0.2, 0) is 21.8 Å². The smallest absolute Gasteiger partial charge is 0.416 e. The van der Waals surface area contributed by atoms with E-state index >= 15 is 0 Å². The second-order valence-corrected chi connectivity index (χ2v) is 9.20. The molecule has 29 heavy (non-hydrogen) atoms. The van der Waals surface area contributed by atoms with Crippen molar-refractivity contribution < 1.29 is 30.8 Å². The van der Waals surface area contributed by atoms with Crippen LogP contribution in [0.25, 0.3) is 0 Å². The van der Waals surface area contributed by atoms with Crippen LogP contribution >= 0.6 is 0 Å². The van der Waals surface area contributed by atoms with Gasteiger partial charge in [0.05, 0.1) is 10.5 Å². The normalized spacial score (nSPS) is 16.4. The van der Waals surface area contributed by atoms with Crippen molar-refractivity contribution >= 4 is 15.7 Å². The molecule has 9 heteroatoms. The number of carbonyl (C=O) groups is 1. The fraction of sp³-hybridized carbons (Fsp3) is 0.450. The Kier molecular flexibility index (Phi) is 6.36. The highest BCUT2D eigenvalue weighted by Gasteiger charge is 2.32. The average molecular weight is 429 g/mol. The first kappa shape index (κ1) is 21.4. The van der Waals surface area contributed by atoms with E-state index in [4.69, 9.17) is 4.42 Å². The Morgan fingerprint density at radius 3 is 2.41 bits per heavy atom. The van der Waals surface area contributed by atoms with E-state index in [0.29, 0.717) is 6.07 Å². The summed E-state index contributed by atoms with van der Waals surface area (Å²) in [7, 11) is -4.07. The number of rotatable bonds is 5. The van der Waals surface area contributed by atoms with Crippen LogP contribution in [0.2, 0.25) is 0 Å². The minimum Gasteiger partial charge on any atom is -0.455 e. The zero-order valence-electron chi connectivity index (χ0n) is 15.7. The van der Waals surface area contributed by atoms with Crippen molar-refractivity contribution in [2.75, 3.05) is 0 Å². The lowest BCUT2D eigenvalue weighted by atomic mass is 10.1. The van der Waals surface area contributed by atoms with E-state index in [2.05, 4.69) is 5.32 Å². The Morgan fingerprint density at radius 2 is 1.76 bits per heavy atom. The molecule has 3 rings (SSSR count). The van der Waals surface area contributed by atoms with Crippen LogP contribution in [0.5, 0.6) is 0 Å². The van der Waals surface area contributed by atoms with Gasteiger partial charge in [0.15, 0.2) is 15.6 Å². The van der Waals surface area contributed by atoms with Crippen molar-refractivity contribution in [1.29, 1.82) is 0 Å². The molecule has 1 heterocycles. The van der Waals surface area contributed by atoms with Crippen LogP contribution < -0.4 is 5.32 Å². The van der Waals surface area contributed by atoms with Gasteiger partial charge in [0, 0.05) is 6.04 Å². The molecule has 0 aliphatic heterocycles. The van der Waals surface area contributed by atoms with Crippen LogP contribution in [0.15, 0.2) is 45.7 Å². The third-order valence-corrected chi connectivity index (χ3v) is 6.57. The molecule has 1 N–H and O–H groups in total. The van der Waals surface area contributed by atoms with Crippen molar-refractivity contribution in [3.63, 3.8) is 0 Å². The topological polar surface area (TPSA) is 76.4 Å². The van der Waals surface area contributed by atoms with Gasteiger partial charge in [-0.25, -0.2) is 8.42 Å². The summed E-state index contributed by atoms with van der Waals surface area (Å²) in [4.78, 5) is 11.9. The number of sulfone groups is 1. The molecular weight excluding hydrogens is 407 g/mol. The van der Waals surface area contributed by atoms with Gasteiger partial charge in [0.25, 0.3) is 5.91 Å². The van der Waals surface area contributed by atoms with Crippen molar-refractivity contribution in [3.05, 3.63) is 53.5 Å². The maximum atomic E-state index is 12.8. The lowest BCUT2D eigenvalue weighted by Crippen LogP contribution is -2.34. The van der Waals surface area contributed by atoms with E-state index in [-0.39, 0.29) is 17.6 Å². The molecule has 2 aromatic rings. The van der Waals surface area contributed by atoms with Gasteiger partial charge in [-0.1, -0.05) is 31.7 Å². The number of carbonyl (C=O) groups excluding carboxylic acids is 1. The van der Waals surface area contributed by atoms with Crippen LogP contribution in [-0.4, -0.2) is 20.4 Å². The molecule has 5 nitrogen and oxygen atoms in total. The van der Waals surface area contributed by atoms with Gasteiger partial charge in [-0.15, -0.1) is 0 Å². The largest absolute Gasteiger partial charge is 0.455 e. The maximum absolute atomic E-state index is 12.8. The zero-order valence-corrected chi connectivity index (χ0v) is 16.5. The third kappa shape index (κ3) is 5.62. The summed E-state index contributed by atoms with van der Waals surface area (Å²) in [5.41, 5.74) is -1.04. The summed E-state index contributed by atoms with van der Waals surface area (Å²) in [6, 6.07) is 6.35. The van der Waals surface area contributed by atoms with E-state index in [0.717, 1.165) is 56.7 Å². The molecule has 0 spiro atoms. The summed E-state index contributed by atoms with van der Waals surface area (Å²) in [6.45, 7) is 0. The second-order valence-electron chi connectivity index (χ2n) is 7.21. The molecule has 1 aromatic heterocycles. The molecule has 0 radical (unpaired) electrons. The molecule has 1 amide bonds. The fourth-order valence-corrected chi connectivity index (χ4v) is 4.68.